The van der Waals surface area contributed by atoms with Crippen LogP contribution in [0.5, 0.6) is 5.75 Å². The first-order valence-corrected chi connectivity index (χ1v) is 7.96. The SMILES string of the molecule is Cc1cccc(OC2CN(C(=O)CNC(=O)c3ccccc3)C2)c1. The van der Waals surface area contributed by atoms with Crippen LogP contribution in [0, 0.1) is 6.92 Å². The van der Waals surface area contributed by atoms with Gasteiger partial charge in [0.25, 0.3) is 5.91 Å². The Labute approximate surface area is 141 Å². The second kappa shape index (κ2) is 7.17. The lowest BCUT2D eigenvalue weighted by Crippen LogP contribution is -2.58. The average molecular weight is 324 g/mol. The zero-order valence-corrected chi connectivity index (χ0v) is 13.6. The highest BCUT2D eigenvalue weighted by Crippen LogP contribution is 2.19. The maximum atomic E-state index is 12.1. The fourth-order valence-corrected chi connectivity index (χ4v) is 2.56. The van der Waals surface area contributed by atoms with Crippen LogP contribution in [0.3, 0.4) is 0 Å². The summed E-state index contributed by atoms with van der Waals surface area (Å²) in [6.45, 7) is 3.12. The summed E-state index contributed by atoms with van der Waals surface area (Å²) in [5, 5.41) is 2.65. The second-order valence-electron chi connectivity index (χ2n) is 5.90. The van der Waals surface area contributed by atoms with Crippen LogP contribution in [-0.2, 0) is 4.79 Å². The highest BCUT2D eigenvalue weighted by atomic mass is 16.5. The number of nitrogens with one attached hydrogen (secondary N) is 1. The number of hydrogen-bond acceptors (Lipinski definition) is 3. The van der Waals surface area contributed by atoms with E-state index in [1.54, 1.807) is 29.2 Å². The monoisotopic (exact) mass is 324 g/mol. The van der Waals surface area contributed by atoms with Crippen molar-refractivity contribution in [3.63, 3.8) is 0 Å². The van der Waals surface area contributed by atoms with Gasteiger partial charge in [-0.15, -0.1) is 0 Å². The van der Waals surface area contributed by atoms with Crippen molar-refractivity contribution < 1.29 is 14.3 Å². The quantitative estimate of drug-likeness (QED) is 0.915. The fourth-order valence-electron chi connectivity index (χ4n) is 2.56. The van der Waals surface area contributed by atoms with Gasteiger partial charge in [-0.25, -0.2) is 0 Å². The highest BCUT2D eigenvalue weighted by molar-refractivity contribution is 5.96. The Morgan fingerprint density at radius 1 is 1.12 bits per heavy atom. The van der Waals surface area contributed by atoms with E-state index in [1.165, 1.54) is 0 Å². The van der Waals surface area contributed by atoms with Gasteiger partial charge in [0.1, 0.15) is 11.9 Å². The van der Waals surface area contributed by atoms with Gasteiger partial charge in [0, 0.05) is 5.56 Å². The number of carbonyl (C=O) groups excluding carboxylic acids is 2. The lowest BCUT2D eigenvalue weighted by molar-refractivity contribution is -0.138. The Balaban J connectivity index is 1.41. The minimum absolute atomic E-state index is 0.00485. The largest absolute Gasteiger partial charge is 0.487 e. The molecule has 1 heterocycles. The first-order chi connectivity index (χ1) is 11.6. The Bertz CT molecular complexity index is 724. The van der Waals surface area contributed by atoms with Crippen molar-refractivity contribution >= 4 is 11.8 Å². The number of nitrogens with zero attached hydrogens (tertiary/aromatic N) is 1. The van der Waals surface area contributed by atoms with Crippen LogP contribution in [0.1, 0.15) is 15.9 Å². The van der Waals surface area contributed by atoms with Gasteiger partial charge in [-0.2, -0.15) is 0 Å². The standard InChI is InChI=1S/C19H20N2O3/c1-14-6-5-9-16(10-14)24-17-12-21(13-17)18(22)11-20-19(23)15-7-3-2-4-8-15/h2-10,17H,11-13H2,1H3,(H,20,23). The van der Waals surface area contributed by atoms with E-state index in [2.05, 4.69) is 5.32 Å². The Morgan fingerprint density at radius 2 is 1.88 bits per heavy atom. The molecule has 5 heteroatoms. The summed E-state index contributed by atoms with van der Waals surface area (Å²) in [7, 11) is 0. The molecule has 1 aliphatic heterocycles. The molecule has 1 N–H and O–H groups in total. The molecule has 0 aliphatic carbocycles. The first-order valence-electron chi connectivity index (χ1n) is 7.96. The van der Waals surface area contributed by atoms with Crippen LogP contribution >= 0.6 is 0 Å². The van der Waals surface area contributed by atoms with Crippen LogP contribution in [-0.4, -0.2) is 42.5 Å². The second-order valence-corrected chi connectivity index (χ2v) is 5.90. The molecule has 2 aromatic carbocycles. The van der Waals surface area contributed by atoms with Crippen LogP contribution in [0.15, 0.2) is 54.6 Å². The first kappa shape index (κ1) is 16.1. The van der Waals surface area contributed by atoms with E-state index < -0.39 is 0 Å². The molecule has 3 rings (SSSR count). The zero-order valence-electron chi connectivity index (χ0n) is 13.6. The Kier molecular flexibility index (Phi) is 4.79. The van der Waals surface area contributed by atoms with E-state index >= 15 is 0 Å². The summed E-state index contributed by atoms with van der Waals surface area (Å²) in [5.41, 5.74) is 1.69. The summed E-state index contributed by atoms with van der Waals surface area (Å²) in [6, 6.07) is 16.7. The van der Waals surface area contributed by atoms with Crippen molar-refractivity contribution in [2.24, 2.45) is 0 Å². The number of aryl methyl sites for hydroxylation is 1. The van der Waals surface area contributed by atoms with E-state index in [1.807, 2.05) is 37.3 Å². The predicted octanol–water partition coefficient (Wildman–Crippen LogP) is 2.01. The third-order valence-corrected chi connectivity index (χ3v) is 3.93. The normalized spacial score (nSPS) is 14.0. The lowest BCUT2D eigenvalue weighted by Gasteiger charge is -2.39. The van der Waals surface area contributed by atoms with Crippen LogP contribution in [0.2, 0.25) is 0 Å². The molecular formula is C19H20N2O3. The van der Waals surface area contributed by atoms with E-state index in [9.17, 15) is 9.59 Å². The van der Waals surface area contributed by atoms with Gasteiger partial charge in [0.15, 0.2) is 0 Å². The van der Waals surface area contributed by atoms with Crippen molar-refractivity contribution in [1.82, 2.24) is 10.2 Å². The Morgan fingerprint density at radius 3 is 2.58 bits per heavy atom. The van der Waals surface area contributed by atoms with Crippen LogP contribution in [0.4, 0.5) is 0 Å². The molecule has 0 bridgehead atoms. The van der Waals surface area contributed by atoms with Gasteiger partial charge in [-0.3, -0.25) is 9.59 Å². The predicted molar refractivity (Wildman–Crippen MR) is 91.0 cm³/mol. The van der Waals surface area contributed by atoms with Gasteiger partial charge in [-0.05, 0) is 36.8 Å². The van der Waals surface area contributed by atoms with E-state index in [4.69, 9.17) is 4.74 Å². The molecule has 0 unspecified atom stereocenters. The zero-order chi connectivity index (χ0) is 16.9. The summed E-state index contributed by atoms with van der Waals surface area (Å²) < 4.78 is 5.83. The summed E-state index contributed by atoms with van der Waals surface area (Å²) in [6.07, 6.45) is 0.0144. The van der Waals surface area contributed by atoms with E-state index in [0.29, 0.717) is 18.7 Å². The van der Waals surface area contributed by atoms with Crippen molar-refractivity contribution in [3.8, 4) is 5.75 Å². The molecule has 2 amide bonds. The van der Waals surface area contributed by atoms with E-state index in [0.717, 1.165) is 11.3 Å². The van der Waals surface area contributed by atoms with Crippen molar-refractivity contribution in [2.75, 3.05) is 19.6 Å². The maximum Gasteiger partial charge on any atom is 0.251 e. The molecule has 0 saturated carbocycles. The van der Waals surface area contributed by atoms with Crippen molar-refractivity contribution in [3.05, 3.63) is 65.7 Å². The number of rotatable bonds is 5. The summed E-state index contributed by atoms with van der Waals surface area (Å²) >= 11 is 0. The van der Waals surface area contributed by atoms with Gasteiger partial charge >= 0.3 is 0 Å². The van der Waals surface area contributed by atoms with Crippen molar-refractivity contribution in [1.29, 1.82) is 0 Å². The number of carbonyl (C=O) groups is 2. The fraction of sp³-hybridized carbons (Fsp3) is 0.263. The van der Waals surface area contributed by atoms with Crippen molar-refractivity contribution in [2.45, 2.75) is 13.0 Å². The van der Waals surface area contributed by atoms with E-state index in [-0.39, 0.29) is 24.5 Å². The molecule has 0 aromatic heterocycles. The number of likely N-dealkylation sites (tertiary alicyclic amines) is 1. The number of hydrogen-bond donors (Lipinski definition) is 1. The highest BCUT2D eigenvalue weighted by Gasteiger charge is 2.32. The van der Waals surface area contributed by atoms with Gasteiger partial charge < -0.3 is 15.0 Å². The molecule has 2 aromatic rings. The van der Waals surface area contributed by atoms with Crippen LogP contribution < -0.4 is 10.1 Å². The van der Waals surface area contributed by atoms with Crippen LogP contribution in [0.25, 0.3) is 0 Å². The molecule has 1 aliphatic rings. The third-order valence-electron chi connectivity index (χ3n) is 3.93. The summed E-state index contributed by atoms with van der Waals surface area (Å²) in [5.74, 6) is 0.491. The van der Waals surface area contributed by atoms with Gasteiger partial charge in [0.2, 0.25) is 5.91 Å². The molecule has 24 heavy (non-hydrogen) atoms. The number of benzene rings is 2. The third kappa shape index (κ3) is 3.93. The topological polar surface area (TPSA) is 58.6 Å². The Hall–Kier alpha value is -2.82. The average Bonchev–Trinajstić information content (AvgIpc) is 2.56. The molecule has 0 atom stereocenters. The number of amides is 2. The molecule has 1 saturated heterocycles. The molecule has 124 valence electrons. The molecular weight excluding hydrogens is 304 g/mol. The lowest BCUT2D eigenvalue weighted by atomic mass is 10.1. The maximum absolute atomic E-state index is 12.1. The minimum atomic E-state index is -0.239. The molecule has 0 spiro atoms. The minimum Gasteiger partial charge on any atom is -0.487 e. The molecule has 1 fully saturated rings. The molecule has 5 nitrogen and oxygen atoms in total. The number of ether oxygens (including phenoxy) is 1. The smallest absolute Gasteiger partial charge is 0.251 e. The molecule has 0 radical (unpaired) electrons. The van der Waals surface area contributed by atoms with Gasteiger partial charge in [0.05, 0.1) is 19.6 Å². The summed E-state index contributed by atoms with van der Waals surface area (Å²) in [4.78, 5) is 25.7. The van der Waals surface area contributed by atoms with Gasteiger partial charge in [-0.1, -0.05) is 30.3 Å².